The second kappa shape index (κ2) is 9.74. The fraction of sp³-hybridized carbons (Fsp3) is 0.435. The zero-order valence-electron chi connectivity index (χ0n) is 17.1. The minimum atomic E-state index is -0.827. The Balaban J connectivity index is 1.66. The zero-order chi connectivity index (χ0) is 20.8. The lowest BCUT2D eigenvalue weighted by molar-refractivity contribution is -0.139. The predicted molar refractivity (Wildman–Crippen MR) is 112 cm³/mol. The number of benzene rings is 2. The minimum Gasteiger partial charge on any atom is -0.491 e. The Kier molecular flexibility index (Phi) is 7.09. The molecule has 5 nitrogen and oxygen atoms in total. The van der Waals surface area contributed by atoms with E-state index in [0.29, 0.717) is 6.54 Å². The summed E-state index contributed by atoms with van der Waals surface area (Å²) in [5.41, 5.74) is 1.92. The van der Waals surface area contributed by atoms with Gasteiger partial charge in [0.1, 0.15) is 11.6 Å². The van der Waals surface area contributed by atoms with Gasteiger partial charge in [-0.15, -0.1) is 0 Å². The van der Waals surface area contributed by atoms with Crippen LogP contribution in [0.1, 0.15) is 32.3 Å². The number of halogens is 1. The van der Waals surface area contributed by atoms with Crippen LogP contribution in [0.3, 0.4) is 0 Å². The van der Waals surface area contributed by atoms with E-state index in [0.717, 1.165) is 42.9 Å². The van der Waals surface area contributed by atoms with E-state index in [1.807, 2.05) is 49.1 Å². The summed E-state index contributed by atoms with van der Waals surface area (Å²) >= 11 is 0. The molecule has 1 aliphatic heterocycles. The Bertz CT molecular complexity index is 819. The number of nitrogens with zero attached hydrogens (tertiary/aromatic N) is 2. The first kappa shape index (κ1) is 21.1. The third-order valence-corrected chi connectivity index (χ3v) is 5.15. The molecular formula is C23H29FN2O3. The van der Waals surface area contributed by atoms with Gasteiger partial charge in [0, 0.05) is 31.4 Å². The lowest BCUT2D eigenvalue weighted by atomic mass is 10.0. The Labute approximate surface area is 171 Å². The normalized spacial score (nSPS) is 15.1. The lowest BCUT2D eigenvalue weighted by Crippen LogP contribution is -2.46. The summed E-state index contributed by atoms with van der Waals surface area (Å²) in [6, 6.07) is 14.7. The summed E-state index contributed by atoms with van der Waals surface area (Å²) in [7, 11) is 0. The van der Waals surface area contributed by atoms with E-state index in [1.165, 1.54) is 6.07 Å². The van der Waals surface area contributed by atoms with Crippen LogP contribution in [0.2, 0.25) is 0 Å². The first-order valence-corrected chi connectivity index (χ1v) is 10.1. The van der Waals surface area contributed by atoms with E-state index in [4.69, 9.17) is 4.74 Å². The molecule has 0 radical (unpaired) electrons. The van der Waals surface area contributed by atoms with Gasteiger partial charge in [-0.2, -0.15) is 0 Å². The van der Waals surface area contributed by atoms with Crippen molar-refractivity contribution < 1.29 is 19.0 Å². The fourth-order valence-electron chi connectivity index (χ4n) is 3.87. The highest BCUT2D eigenvalue weighted by atomic mass is 19.1. The second-order valence-corrected chi connectivity index (χ2v) is 7.81. The maximum Gasteiger partial charge on any atom is 0.317 e. The molecule has 0 aliphatic carbocycles. The molecule has 1 saturated heterocycles. The van der Waals surface area contributed by atoms with Crippen LogP contribution < -0.4 is 9.64 Å². The third-order valence-electron chi connectivity index (χ3n) is 5.15. The molecule has 29 heavy (non-hydrogen) atoms. The van der Waals surface area contributed by atoms with Crippen LogP contribution >= 0.6 is 0 Å². The van der Waals surface area contributed by atoms with Gasteiger partial charge in [-0.25, -0.2) is 4.39 Å². The largest absolute Gasteiger partial charge is 0.491 e. The molecule has 0 saturated carbocycles. The molecule has 0 aromatic heterocycles. The Morgan fingerprint density at radius 3 is 2.59 bits per heavy atom. The van der Waals surface area contributed by atoms with Crippen molar-refractivity contribution in [2.75, 3.05) is 24.5 Å². The van der Waals surface area contributed by atoms with Crippen molar-refractivity contribution in [3.63, 3.8) is 0 Å². The summed E-state index contributed by atoms with van der Waals surface area (Å²) in [5.74, 6) is -0.263. The Morgan fingerprint density at radius 1 is 1.21 bits per heavy atom. The van der Waals surface area contributed by atoms with Gasteiger partial charge in [-0.05, 0) is 62.6 Å². The van der Waals surface area contributed by atoms with Crippen molar-refractivity contribution in [2.45, 2.75) is 45.4 Å². The van der Waals surface area contributed by atoms with Crippen molar-refractivity contribution in [3.05, 3.63) is 59.9 Å². The number of rotatable bonds is 8. The molecule has 6 heteroatoms. The number of carbonyl (C=O) groups is 1. The highest BCUT2D eigenvalue weighted by molar-refractivity contribution is 5.69. The summed E-state index contributed by atoms with van der Waals surface area (Å²) in [6.07, 6.45) is 1.77. The summed E-state index contributed by atoms with van der Waals surface area (Å²) in [5, 5.41) is 9.41. The van der Waals surface area contributed by atoms with Gasteiger partial charge in [-0.1, -0.05) is 18.2 Å². The van der Waals surface area contributed by atoms with E-state index < -0.39 is 5.97 Å². The highest BCUT2D eigenvalue weighted by Gasteiger charge is 2.26. The molecule has 0 atom stereocenters. The highest BCUT2D eigenvalue weighted by Crippen LogP contribution is 2.25. The van der Waals surface area contributed by atoms with Crippen molar-refractivity contribution in [2.24, 2.45) is 0 Å². The fourth-order valence-corrected chi connectivity index (χ4v) is 3.87. The topological polar surface area (TPSA) is 53.0 Å². The molecule has 1 fully saturated rings. The van der Waals surface area contributed by atoms with E-state index in [1.54, 1.807) is 12.1 Å². The van der Waals surface area contributed by atoms with E-state index in [2.05, 4.69) is 4.90 Å². The number of carboxylic acids is 1. The monoisotopic (exact) mass is 400 g/mol. The molecule has 0 unspecified atom stereocenters. The predicted octanol–water partition coefficient (Wildman–Crippen LogP) is 4.17. The maximum atomic E-state index is 13.5. The Morgan fingerprint density at radius 2 is 1.93 bits per heavy atom. The van der Waals surface area contributed by atoms with Crippen molar-refractivity contribution in [1.29, 1.82) is 0 Å². The molecule has 156 valence electrons. The number of aliphatic carboxylic acids is 1. The first-order valence-electron chi connectivity index (χ1n) is 10.1. The van der Waals surface area contributed by atoms with Gasteiger partial charge in [0.2, 0.25) is 0 Å². The molecule has 0 bridgehead atoms. The standard InChI is InChI=1S/C23H29FN2O3/c1-17(2)29-22-8-3-5-18(13-22)15-26(16-23(27)28)20-9-11-25(12-10-20)21-7-4-6-19(24)14-21/h3-8,13-14,17,20H,9-12,15-16H2,1-2H3,(H,27,28). The van der Waals surface area contributed by atoms with Crippen LogP contribution in [0, 0.1) is 5.82 Å². The molecule has 2 aromatic carbocycles. The number of piperidine rings is 1. The average molecular weight is 400 g/mol. The third kappa shape index (κ3) is 6.19. The quantitative estimate of drug-likeness (QED) is 0.721. The molecule has 1 heterocycles. The van der Waals surface area contributed by atoms with Crippen LogP contribution in [0.15, 0.2) is 48.5 Å². The van der Waals surface area contributed by atoms with Crippen LogP contribution in [0.25, 0.3) is 0 Å². The molecule has 0 amide bonds. The van der Waals surface area contributed by atoms with Crippen molar-refractivity contribution in [3.8, 4) is 5.75 Å². The second-order valence-electron chi connectivity index (χ2n) is 7.81. The molecule has 2 aromatic rings. The minimum absolute atomic E-state index is 0.000102. The van der Waals surface area contributed by atoms with Gasteiger partial charge in [0.15, 0.2) is 0 Å². The van der Waals surface area contributed by atoms with Gasteiger partial charge >= 0.3 is 5.97 Å². The molecule has 1 N–H and O–H groups in total. The van der Waals surface area contributed by atoms with Crippen LogP contribution in [0.5, 0.6) is 5.75 Å². The van der Waals surface area contributed by atoms with Crippen LogP contribution in [0.4, 0.5) is 10.1 Å². The van der Waals surface area contributed by atoms with Gasteiger partial charge in [-0.3, -0.25) is 9.69 Å². The number of hydrogen-bond donors (Lipinski definition) is 1. The lowest BCUT2D eigenvalue weighted by Gasteiger charge is -2.39. The van der Waals surface area contributed by atoms with Crippen LogP contribution in [-0.4, -0.2) is 47.8 Å². The average Bonchev–Trinajstić information content (AvgIpc) is 2.67. The SMILES string of the molecule is CC(C)Oc1cccc(CN(CC(=O)O)C2CCN(c3cccc(F)c3)CC2)c1. The van der Waals surface area contributed by atoms with Gasteiger partial charge < -0.3 is 14.7 Å². The van der Waals surface area contributed by atoms with Crippen LogP contribution in [-0.2, 0) is 11.3 Å². The number of anilines is 1. The van der Waals surface area contributed by atoms with Crippen molar-refractivity contribution >= 4 is 11.7 Å². The Hall–Kier alpha value is -2.60. The van der Waals surface area contributed by atoms with E-state index in [-0.39, 0.29) is 24.5 Å². The number of hydrogen-bond acceptors (Lipinski definition) is 4. The smallest absolute Gasteiger partial charge is 0.317 e. The summed E-state index contributed by atoms with van der Waals surface area (Å²) in [6.45, 7) is 6.08. The summed E-state index contributed by atoms with van der Waals surface area (Å²) in [4.78, 5) is 15.6. The number of ether oxygens (including phenoxy) is 1. The maximum absolute atomic E-state index is 13.5. The molecule has 1 aliphatic rings. The molecule has 0 spiro atoms. The van der Waals surface area contributed by atoms with Crippen molar-refractivity contribution in [1.82, 2.24) is 4.90 Å². The van der Waals surface area contributed by atoms with E-state index in [9.17, 15) is 14.3 Å². The molecular weight excluding hydrogens is 371 g/mol. The zero-order valence-corrected chi connectivity index (χ0v) is 17.1. The van der Waals surface area contributed by atoms with E-state index >= 15 is 0 Å². The van der Waals surface area contributed by atoms with Gasteiger partial charge in [0.05, 0.1) is 12.6 Å². The molecule has 3 rings (SSSR count). The summed E-state index contributed by atoms with van der Waals surface area (Å²) < 4.78 is 19.3. The first-order chi connectivity index (χ1) is 13.9. The number of carboxylic acid groups (broad SMARTS) is 1. The van der Waals surface area contributed by atoms with Gasteiger partial charge in [0.25, 0.3) is 0 Å².